The molecule has 0 aromatic heterocycles. The van der Waals surface area contributed by atoms with E-state index in [-0.39, 0.29) is 5.54 Å². The molecule has 0 spiro atoms. The zero-order chi connectivity index (χ0) is 17.4. The van der Waals surface area contributed by atoms with Gasteiger partial charge < -0.3 is 5.11 Å². The molecule has 0 fully saturated rings. The Bertz CT molecular complexity index is 636. The van der Waals surface area contributed by atoms with Crippen LogP contribution in [0, 0.1) is 0 Å². The second-order valence-electron chi connectivity index (χ2n) is 5.97. The van der Waals surface area contributed by atoms with E-state index in [4.69, 9.17) is 0 Å². The molecule has 2 rings (SSSR count). The van der Waals surface area contributed by atoms with E-state index < -0.39 is 14.2 Å². The van der Waals surface area contributed by atoms with Gasteiger partial charge in [0, 0.05) is 5.54 Å². The Morgan fingerprint density at radius 3 is 1.83 bits per heavy atom. The highest BCUT2D eigenvalue weighted by molar-refractivity contribution is 7.04. The molecule has 124 valence electrons. The van der Waals surface area contributed by atoms with Crippen molar-refractivity contribution < 1.29 is 5.11 Å². The summed E-state index contributed by atoms with van der Waals surface area (Å²) in [5.74, 6) is 0. The monoisotopic (exact) mass is 334 g/mol. The topological polar surface area (TPSA) is 20.2 Å². The fourth-order valence-corrected chi connectivity index (χ4v) is 8.54. The average molecular weight is 335 g/mol. The summed E-state index contributed by atoms with van der Waals surface area (Å²) >= 11 is 0. The lowest BCUT2D eigenvalue weighted by Crippen LogP contribution is -2.62. The van der Waals surface area contributed by atoms with Crippen molar-refractivity contribution in [3.63, 3.8) is 0 Å². The second kappa shape index (κ2) is 8.62. The number of aliphatic hydroxyl groups is 1. The molecule has 2 atom stereocenters. The van der Waals surface area contributed by atoms with Gasteiger partial charge in [-0.2, -0.15) is 0 Å². The minimum atomic E-state index is -2.31. The van der Waals surface area contributed by atoms with E-state index in [2.05, 4.69) is 61.7 Å². The van der Waals surface area contributed by atoms with Crippen molar-refractivity contribution in [2.75, 3.05) is 0 Å². The van der Waals surface area contributed by atoms with Crippen LogP contribution in [-0.4, -0.2) is 19.3 Å². The van der Waals surface area contributed by atoms with Crippen LogP contribution < -0.4 is 10.4 Å². The zero-order valence-electron chi connectivity index (χ0n) is 14.3. The van der Waals surface area contributed by atoms with Crippen molar-refractivity contribution >= 4 is 18.4 Å². The van der Waals surface area contributed by atoms with E-state index in [9.17, 15) is 5.11 Å². The fourth-order valence-electron chi connectivity index (χ4n) is 3.57. The maximum absolute atomic E-state index is 10.8. The predicted molar refractivity (Wildman–Crippen MR) is 108 cm³/mol. The number of allylic oxidation sites excluding steroid dienone is 2. The lowest BCUT2D eigenvalue weighted by atomic mass is 10.2. The molecule has 24 heavy (non-hydrogen) atoms. The fraction of sp³-hybridized carbons (Fsp3) is 0.182. The predicted octanol–water partition coefficient (Wildman–Crippen LogP) is 3.93. The first kappa shape index (κ1) is 18.2. The number of hydrogen-bond acceptors (Lipinski definition) is 1. The first-order chi connectivity index (χ1) is 11.7. The molecule has 0 aliphatic carbocycles. The van der Waals surface area contributed by atoms with Gasteiger partial charge in [-0.15, -0.1) is 13.2 Å². The van der Waals surface area contributed by atoms with Crippen LogP contribution >= 0.6 is 0 Å². The third kappa shape index (κ3) is 3.50. The van der Waals surface area contributed by atoms with Crippen molar-refractivity contribution in [3.05, 3.63) is 98.1 Å². The molecule has 0 unspecified atom stereocenters. The summed E-state index contributed by atoms with van der Waals surface area (Å²) < 4.78 is 0. The van der Waals surface area contributed by atoms with Crippen LogP contribution in [0.3, 0.4) is 0 Å². The highest BCUT2D eigenvalue weighted by Gasteiger charge is 2.44. The van der Waals surface area contributed by atoms with Gasteiger partial charge in [-0.25, -0.2) is 0 Å². The van der Waals surface area contributed by atoms with Gasteiger partial charge in [-0.1, -0.05) is 95.3 Å². The van der Waals surface area contributed by atoms with Crippen LogP contribution in [0.25, 0.3) is 0 Å². The Morgan fingerprint density at radius 2 is 1.46 bits per heavy atom. The molecule has 0 amide bonds. The molecule has 0 aliphatic heterocycles. The van der Waals surface area contributed by atoms with Crippen LogP contribution in [0.15, 0.2) is 98.1 Å². The molecule has 2 aromatic rings. The first-order valence-electron chi connectivity index (χ1n) is 8.36. The van der Waals surface area contributed by atoms with Crippen molar-refractivity contribution in [3.8, 4) is 0 Å². The average Bonchev–Trinajstić information content (AvgIpc) is 2.63. The smallest absolute Gasteiger partial charge is 0.131 e. The van der Waals surface area contributed by atoms with E-state index in [1.165, 1.54) is 10.4 Å². The van der Waals surface area contributed by atoms with Gasteiger partial charge in [0.05, 0.1) is 6.10 Å². The van der Waals surface area contributed by atoms with Crippen molar-refractivity contribution in [1.82, 2.24) is 0 Å². The quantitative estimate of drug-likeness (QED) is 0.573. The number of aliphatic hydroxyl groups excluding tert-OH is 1. The molecule has 0 saturated carbocycles. The summed E-state index contributed by atoms with van der Waals surface area (Å²) in [5, 5.41) is 13.4. The summed E-state index contributed by atoms with van der Waals surface area (Å²) in [6.07, 6.45) is 7.14. The summed E-state index contributed by atoms with van der Waals surface area (Å²) in [6.45, 7) is 10.0. The maximum atomic E-state index is 10.8. The minimum Gasteiger partial charge on any atom is -0.389 e. The molecular formula is C22H26OSi. The standard InChI is InChI=1S/C22H26OSi/c1-4-13-21(23)22(6-3)24(18-5-2,19-14-9-7-10-15-19)20-16-11-8-12-17-20/h4-17,21-23H,2-3,18H2,1H3/b13-4+/t21-,22+/m1/s1. The van der Waals surface area contributed by atoms with Crippen LogP contribution in [0.4, 0.5) is 0 Å². The SMILES string of the molecule is C=CC[Si](c1ccccc1)(c1ccccc1)[C@@H](C=C)[C@H](O)/C=C/C. The minimum absolute atomic E-state index is 0.0310. The zero-order valence-corrected chi connectivity index (χ0v) is 15.3. The third-order valence-corrected chi connectivity index (χ3v) is 10.00. The summed E-state index contributed by atoms with van der Waals surface area (Å²) in [5.41, 5.74) is -0.0310. The Balaban J connectivity index is 2.75. The van der Waals surface area contributed by atoms with Crippen LogP contribution in [0.2, 0.25) is 11.6 Å². The Hall–Kier alpha value is -2.16. The maximum Gasteiger partial charge on any atom is 0.131 e. The number of rotatable bonds is 8. The van der Waals surface area contributed by atoms with Gasteiger partial charge in [0.25, 0.3) is 0 Å². The van der Waals surface area contributed by atoms with E-state index in [0.29, 0.717) is 0 Å². The van der Waals surface area contributed by atoms with E-state index in [1.54, 1.807) is 0 Å². The van der Waals surface area contributed by atoms with Gasteiger partial charge in [0.1, 0.15) is 8.07 Å². The summed E-state index contributed by atoms with van der Waals surface area (Å²) in [4.78, 5) is 0. The molecule has 2 heteroatoms. The largest absolute Gasteiger partial charge is 0.389 e. The van der Waals surface area contributed by atoms with Crippen LogP contribution in [0.5, 0.6) is 0 Å². The molecule has 0 bridgehead atoms. The molecule has 1 N–H and O–H groups in total. The van der Waals surface area contributed by atoms with E-state index in [1.807, 2.05) is 43.4 Å². The highest BCUT2D eigenvalue weighted by Crippen LogP contribution is 2.31. The second-order valence-corrected chi connectivity index (χ2v) is 10.1. The molecule has 0 aliphatic rings. The Labute approximate surface area is 146 Å². The summed E-state index contributed by atoms with van der Waals surface area (Å²) in [6, 6.07) is 22.0. The van der Waals surface area contributed by atoms with Crippen LogP contribution in [-0.2, 0) is 0 Å². The van der Waals surface area contributed by atoms with Crippen molar-refractivity contribution in [1.29, 1.82) is 0 Å². The lowest BCUT2D eigenvalue weighted by Gasteiger charge is -2.40. The third-order valence-electron chi connectivity index (χ3n) is 4.62. The first-order valence-corrected chi connectivity index (χ1v) is 10.6. The van der Waals surface area contributed by atoms with Gasteiger partial charge in [0.2, 0.25) is 0 Å². The Kier molecular flexibility index (Phi) is 6.53. The molecule has 2 aromatic carbocycles. The van der Waals surface area contributed by atoms with Gasteiger partial charge >= 0.3 is 0 Å². The van der Waals surface area contributed by atoms with Gasteiger partial charge in [0.15, 0.2) is 0 Å². The molecule has 0 heterocycles. The van der Waals surface area contributed by atoms with E-state index >= 15 is 0 Å². The summed E-state index contributed by atoms with van der Waals surface area (Å²) in [7, 11) is -2.31. The Morgan fingerprint density at radius 1 is 0.958 bits per heavy atom. The molecule has 1 nitrogen and oxygen atoms in total. The lowest BCUT2D eigenvalue weighted by molar-refractivity contribution is 0.225. The van der Waals surface area contributed by atoms with Crippen molar-refractivity contribution in [2.24, 2.45) is 0 Å². The number of benzene rings is 2. The molecular weight excluding hydrogens is 308 g/mol. The molecule has 0 saturated heterocycles. The highest BCUT2D eigenvalue weighted by atomic mass is 28.3. The van der Waals surface area contributed by atoms with Gasteiger partial charge in [-0.05, 0) is 13.0 Å². The molecule has 0 radical (unpaired) electrons. The van der Waals surface area contributed by atoms with Crippen molar-refractivity contribution in [2.45, 2.75) is 24.6 Å². The normalized spacial score (nSPS) is 14.2. The van der Waals surface area contributed by atoms with E-state index in [0.717, 1.165) is 6.04 Å². The van der Waals surface area contributed by atoms with Crippen LogP contribution in [0.1, 0.15) is 6.92 Å². The number of hydrogen-bond donors (Lipinski definition) is 1. The van der Waals surface area contributed by atoms with Gasteiger partial charge in [-0.3, -0.25) is 0 Å².